The highest BCUT2D eigenvalue weighted by molar-refractivity contribution is 5.89. The van der Waals surface area contributed by atoms with Crippen molar-refractivity contribution in [2.45, 2.75) is 39.8 Å². The van der Waals surface area contributed by atoms with Crippen LogP contribution in [0.4, 0.5) is 0 Å². The summed E-state index contributed by atoms with van der Waals surface area (Å²) in [6, 6.07) is -0.987. The predicted octanol–water partition coefficient (Wildman–Crippen LogP) is 0.0634. The molecule has 0 rings (SSSR count). The van der Waals surface area contributed by atoms with Crippen LogP contribution in [0.1, 0.15) is 27.7 Å². The van der Waals surface area contributed by atoms with Crippen LogP contribution < -0.4 is 11.1 Å². The first-order valence-corrected chi connectivity index (χ1v) is 4.42. The minimum Gasteiger partial charge on any atom is -0.345 e. The van der Waals surface area contributed by atoms with Gasteiger partial charge in [0.1, 0.15) is 0 Å². The fourth-order valence-corrected chi connectivity index (χ4v) is 0.714. The van der Waals surface area contributed by atoms with E-state index in [4.69, 9.17) is 5.73 Å². The Hall–Kier alpha value is -0.900. The molecule has 0 fully saturated rings. The van der Waals surface area contributed by atoms with Crippen molar-refractivity contribution in [2.75, 3.05) is 0 Å². The molecule has 4 heteroatoms. The SMILES string of the molecule is CC(=O)C(C)NC(=O)C(N)C(C)C. The molecular formula is C9H18N2O2. The second kappa shape index (κ2) is 4.97. The summed E-state index contributed by atoms with van der Waals surface area (Å²) in [7, 11) is 0. The van der Waals surface area contributed by atoms with E-state index in [-0.39, 0.29) is 17.6 Å². The monoisotopic (exact) mass is 186 g/mol. The van der Waals surface area contributed by atoms with Crippen molar-refractivity contribution in [2.24, 2.45) is 11.7 Å². The third-order valence-electron chi connectivity index (χ3n) is 1.99. The largest absolute Gasteiger partial charge is 0.345 e. The van der Waals surface area contributed by atoms with Gasteiger partial charge in [0.15, 0.2) is 5.78 Å². The standard InChI is InChI=1S/C9H18N2O2/c1-5(2)8(10)9(13)11-6(3)7(4)12/h5-6,8H,10H2,1-4H3,(H,11,13). The topological polar surface area (TPSA) is 72.2 Å². The lowest BCUT2D eigenvalue weighted by Gasteiger charge is -2.17. The van der Waals surface area contributed by atoms with Gasteiger partial charge in [0.05, 0.1) is 12.1 Å². The minimum atomic E-state index is -0.540. The number of hydrogen-bond donors (Lipinski definition) is 2. The molecule has 0 radical (unpaired) electrons. The number of carbonyl (C=O) groups excluding carboxylic acids is 2. The fraction of sp³-hybridized carbons (Fsp3) is 0.778. The molecule has 1 amide bonds. The van der Waals surface area contributed by atoms with Gasteiger partial charge < -0.3 is 11.1 Å². The maximum atomic E-state index is 11.3. The van der Waals surface area contributed by atoms with E-state index in [0.717, 1.165) is 0 Å². The number of nitrogens with one attached hydrogen (secondary N) is 1. The Bertz CT molecular complexity index is 202. The number of Topliss-reactive ketones (excluding diaryl/α,β-unsaturated/α-hetero) is 1. The molecule has 0 aromatic heterocycles. The van der Waals surface area contributed by atoms with Gasteiger partial charge in [0.25, 0.3) is 0 Å². The van der Waals surface area contributed by atoms with Crippen LogP contribution in [0.25, 0.3) is 0 Å². The summed E-state index contributed by atoms with van der Waals surface area (Å²) in [5.74, 6) is -0.249. The molecule has 2 atom stereocenters. The van der Waals surface area contributed by atoms with Crippen LogP contribution in [0.15, 0.2) is 0 Å². The average molecular weight is 186 g/mol. The smallest absolute Gasteiger partial charge is 0.237 e. The molecule has 3 N–H and O–H groups in total. The summed E-state index contributed by atoms with van der Waals surface area (Å²) in [6.45, 7) is 6.81. The fourth-order valence-electron chi connectivity index (χ4n) is 0.714. The van der Waals surface area contributed by atoms with Gasteiger partial charge in [-0.3, -0.25) is 9.59 Å². The molecule has 0 heterocycles. The van der Waals surface area contributed by atoms with Crippen molar-refractivity contribution in [3.63, 3.8) is 0 Å². The predicted molar refractivity (Wildman–Crippen MR) is 51.1 cm³/mol. The van der Waals surface area contributed by atoms with Crippen LogP contribution >= 0.6 is 0 Å². The molecule has 0 aromatic rings. The second-order valence-corrected chi connectivity index (χ2v) is 3.61. The van der Waals surface area contributed by atoms with E-state index in [1.165, 1.54) is 6.92 Å². The van der Waals surface area contributed by atoms with Gasteiger partial charge in [-0.15, -0.1) is 0 Å². The Labute approximate surface area is 78.9 Å². The molecule has 0 aliphatic carbocycles. The van der Waals surface area contributed by atoms with E-state index in [0.29, 0.717) is 0 Å². The van der Waals surface area contributed by atoms with Gasteiger partial charge in [-0.2, -0.15) is 0 Å². The summed E-state index contributed by atoms with van der Waals surface area (Å²) < 4.78 is 0. The van der Waals surface area contributed by atoms with Crippen molar-refractivity contribution < 1.29 is 9.59 Å². The number of nitrogens with two attached hydrogens (primary N) is 1. The molecule has 4 nitrogen and oxygen atoms in total. The highest BCUT2D eigenvalue weighted by Crippen LogP contribution is 1.98. The molecule has 76 valence electrons. The molecule has 0 aliphatic heterocycles. The van der Waals surface area contributed by atoms with Crippen molar-refractivity contribution in [3.05, 3.63) is 0 Å². The van der Waals surface area contributed by atoms with E-state index in [1.54, 1.807) is 6.92 Å². The number of hydrogen-bond acceptors (Lipinski definition) is 3. The lowest BCUT2D eigenvalue weighted by molar-refractivity contribution is -0.127. The second-order valence-electron chi connectivity index (χ2n) is 3.61. The zero-order valence-corrected chi connectivity index (χ0v) is 8.63. The molecule has 0 saturated carbocycles. The molecule has 0 bridgehead atoms. The first-order valence-electron chi connectivity index (χ1n) is 4.42. The van der Waals surface area contributed by atoms with Crippen LogP contribution in [-0.4, -0.2) is 23.8 Å². The maximum Gasteiger partial charge on any atom is 0.237 e. The van der Waals surface area contributed by atoms with Crippen LogP contribution in [0.5, 0.6) is 0 Å². The number of amides is 1. The van der Waals surface area contributed by atoms with Crippen LogP contribution in [0, 0.1) is 5.92 Å². The maximum absolute atomic E-state index is 11.3. The lowest BCUT2D eigenvalue weighted by atomic mass is 10.0. The summed E-state index contributed by atoms with van der Waals surface area (Å²) >= 11 is 0. The van der Waals surface area contributed by atoms with E-state index < -0.39 is 12.1 Å². The summed E-state index contributed by atoms with van der Waals surface area (Å²) in [5, 5.41) is 2.55. The third-order valence-corrected chi connectivity index (χ3v) is 1.99. The van der Waals surface area contributed by atoms with Crippen molar-refractivity contribution in [1.29, 1.82) is 0 Å². The molecule has 0 aliphatic rings. The van der Waals surface area contributed by atoms with Crippen LogP contribution in [0.3, 0.4) is 0 Å². The quantitative estimate of drug-likeness (QED) is 0.652. The molecule has 2 unspecified atom stereocenters. The van der Waals surface area contributed by atoms with E-state index in [1.807, 2.05) is 13.8 Å². The lowest BCUT2D eigenvalue weighted by Crippen LogP contribution is -2.48. The number of ketones is 1. The average Bonchev–Trinajstić information content (AvgIpc) is 2.02. The summed E-state index contributed by atoms with van der Waals surface area (Å²) in [6.07, 6.45) is 0. The molecule has 0 saturated heterocycles. The number of carbonyl (C=O) groups is 2. The van der Waals surface area contributed by atoms with Gasteiger partial charge >= 0.3 is 0 Å². The van der Waals surface area contributed by atoms with Crippen LogP contribution in [-0.2, 0) is 9.59 Å². The highest BCUT2D eigenvalue weighted by Gasteiger charge is 2.19. The summed E-state index contributed by atoms with van der Waals surface area (Å²) in [4.78, 5) is 22.1. The van der Waals surface area contributed by atoms with Gasteiger partial charge in [0.2, 0.25) is 5.91 Å². The Balaban J connectivity index is 4.08. The van der Waals surface area contributed by atoms with Gasteiger partial charge in [0, 0.05) is 0 Å². The van der Waals surface area contributed by atoms with Gasteiger partial charge in [-0.25, -0.2) is 0 Å². The van der Waals surface area contributed by atoms with E-state index in [9.17, 15) is 9.59 Å². The Kier molecular flexibility index (Phi) is 4.62. The third kappa shape index (κ3) is 4.03. The Morgan fingerprint density at radius 3 is 2.00 bits per heavy atom. The molecule has 13 heavy (non-hydrogen) atoms. The van der Waals surface area contributed by atoms with E-state index >= 15 is 0 Å². The van der Waals surface area contributed by atoms with Gasteiger partial charge in [-0.05, 0) is 19.8 Å². The first kappa shape index (κ1) is 12.1. The normalized spacial score (nSPS) is 15.2. The zero-order valence-electron chi connectivity index (χ0n) is 8.63. The zero-order chi connectivity index (χ0) is 10.6. The summed E-state index contributed by atoms with van der Waals surface area (Å²) in [5.41, 5.74) is 5.59. The van der Waals surface area contributed by atoms with Crippen molar-refractivity contribution in [1.82, 2.24) is 5.32 Å². The molecule has 0 aromatic carbocycles. The molecular weight excluding hydrogens is 168 g/mol. The van der Waals surface area contributed by atoms with Gasteiger partial charge in [-0.1, -0.05) is 13.8 Å². The Morgan fingerprint density at radius 1 is 1.23 bits per heavy atom. The van der Waals surface area contributed by atoms with Crippen molar-refractivity contribution in [3.8, 4) is 0 Å². The minimum absolute atomic E-state index is 0.0655. The van der Waals surface area contributed by atoms with E-state index in [2.05, 4.69) is 5.32 Å². The van der Waals surface area contributed by atoms with Crippen LogP contribution in [0.2, 0.25) is 0 Å². The molecule has 0 spiro atoms. The van der Waals surface area contributed by atoms with Crippen molar-refractivity contribution >= 4 is 11.7 Å². The highest BCUT2D eigenvalue weighted by atomic mass is 16.2. The first-order chi connectivity index (χ1) is 5.86. The Morgan fingerprint density at radius 2 is 1.69 bits per heavy atom. The number of rotatable bonds is 4.